The average Bonchev–Trinajstić information content (AvgIpc) is 2.85. The van der Waals surface area contributed by atoms with Crippen molar-refractivity contribution in [3.05, 3.63) is 11.9 Å². The molecule has 4 nitrogen and oxygen atoms in total. The van der Waals surface area contributed by atoms with Crippen molar-refractivity contribution in [2.24, 2.45) is 7.05 Å². The first-order valence-corrected chi connectivity index (χ1v) is 7.03. The van der Waals surface area contributed by atoms with Gasteiger partial charge in [-0.25, -0.2) is 0 Å². The van der Waals surface area contributed by atoms with E-state index in [2.05, 4.69) is 34.3 Å². The van der Waals surface area contributed by atoms with Crippen molar-refractivity contribution in [1.82, 2.24) is 20.3 Å². The predicted octanol–water partition coefficient (Wildman–Crippen LogP) is 1.58. The molecule has 0 amide bonds. The highest BCUT2D eigenvalue weighted by atomic mass is 32.2. The lowest BCUT2D eigenvalue weighted by atomic mass is 10.2. The monoisotopic (exact) mass is 240 g/mol. The summed E-state index contributed by atoms with van der Waals surface area (Å²) in [4.78, 5) is 0. The van der Waals surface area contributed by atoms with E-state index >= 15 is 0 Å². The van der Waals surface area contributed by atoms with Crippen molar-refractivity contribution in [2.75, 3.05) is 5.75 Å². The fourth-order valence-electron chi connectivity index (χ4n) is 2.24. The second-order valence-corrected chi connectivity index (χ2v) is 5.93. The van der Waals surface area contributed by atoms with Gasteiger partial charge in [-0.3, -0.25) is 4.68 Å². The van der Waals surface area contributed by atoms with Gasteiger partial charge in [0.2, 0.25) is 0 Å². The van der Waals surface area contributed by atoms with Crippen LogP contribution in [-0.4, -0.2) is 32.0 Å². The maximum absolute atomic E-state index is 4.08. The Bertz CT molecular complexity index is 326. The van der Waals surface area contributed by atoms with Gasteiger partial charge in [-0.05, 0) is 25.0 Å². The summed E-state index contributed by atoms with van der Waals surface area (Å²) in [5.41, 5.74) is 1.04. The van der Waals surface area contributed by atoms with Crippen LogP contribution in [0.4, 0.5) is 0 Å². The lowest BCUT2D eigenvalue weighted by molar-refractivity contribution is 0.520. The summed E-state index contributed by atoms with van der Waals surface area (Å²) in [6.45, 7) is 3.09. The van der Waals surface area contributed by atoms with E-state index in [-0.39, 0.29) is 0 Å². The van der Waals surface area contributed by atoms with Crippen LogP contribution >= 0.6 is 11.8 Å². The molecule has 1 saturated carbocycles. The molecular weight excluding hydrogens is 220 g/mol. The van der Waals surface area contributed by atoms with Crippen LogP contribution in [-0.2, 0) is 13.6 Å². The van der Waals surface area contributed by atoms with Gasteiger partial charge in [-0.15, -0.1) is 5.10 Å². The Morgan fingerprint density at radius 3 is 3.12 bits per heavy atom. The zero-order chi connectivity index (χ0) is 11.4. The van der Waals surface area contributed by atoms with Crippen molar-refractivity contribution in [1.29, 1.82) is 0 Å². The highest BCUT2D eigenvalue weighted by molar-refractivity contribution is 7.99. The van der Waals surface area contributed by atoms with E-state index in [0.29, 0.717) is 6.04 Å². The SMILES string of the molecule is CCSC1CCC(NCc2cn(C)nn2)C1. The summed E-state index contributed by atoms with van der Waals surface area (Å²) in [7, 11) is 1.90. The van der Waals surface area contributed by atoms with Crippen LogP contribution < -0.4 is 5.32 Å². The molecule has 2 unspecified atom stereocenters. The molecule has 1 fully saturated rings. The summed E-state index contributed by atoms with van der Waals surface area (Å²) in [6.07, 6.45) is 5.94. The van der Waals surface area contributed by atoms with Gasteiger partial charge in [0, 0.05) is 31.1 Å². The molecule has 1 aliphatic carbocycles. The second kappa shape index (κ2) is 5.68. The van der Waals surface area contributed by atoms with Crippen LogP contribution in [0.2, 0.25) is 0 Å². The van der Waals surface area contributed by atoms with E-state index in [1.807, 2.05) is 13.2 Å². The zero-order valence-corrected chi connectivity index (χ0v) is 10.8. The predicted molar refractivity (Wildman–Crippen MR) is 67.4 cm³/mol. The Kier molecular flexibility index (Phi) is 4.23. The molecule has 1 N–H and O–H groups in total. The van der Waals surface area contributed by atoms with Crippen molar-refractivity contribution in [3.8, 4) is 0 Å². The van der Waals surface area contributed by atoms with Gasteiger partial charge < -0.3 is 5.32 Å². The largest absolute Gasteiger partial charge is 0.308 e. The number of hydrogen-bond donors (Lipinski definition) is 1. The summed E-state index contributed by atoms with van der Waals surface area (Å²) in [6, 6.07) is 0.672. The number of aryl methyl sites for hydroxylation is 1. The van der Waals surface area contributed by atoms with Gasteiger partial charge in [0.25, 0.3) is 0 Å². The molecule has 0 aromatic carbocycles. The third-order valence-corrected chi connectivity index (χ3v) is 4.24. The van der Waals surface area contributed by atoms with Crippen LogP contribution in [0.5, 0.6) is 0 Å². The topological polar surface area (TPSA) is 42.7 Å². The standard InChI is InChI=1S/C11H20N4S/c1-3-16-11-5-4-9(6-11)12-7-10-8-15(2)14-13-10/h8-9,11-12H,3-7H2,1-2H3. The van der Waals surface area contributed by atoms with Crippen molar-refractivity contribution in [2.45, 2.75) is 44.0 Å². The fourth-order valence-corrected chi connectivity index (χ4v) is 3.38. The quantitative estimate of drug-likeness (QED) is 0.848. The Labute approximate surface area is 101 Å². The first-order chi connectivity index (χ1) is 7.78. The summed E-state index contributed by atoms with van der Waals surface area (Å²) < 4.78 is 1.75. The molecule has 1 aromatic rings. The molecule has 16 heavy (non-hydrogen) atoms. The Morgan fingerprint density at radius 2 is 2.44 bits per heavy atom. The van der Waals surface area contributed by atoms with Gasteiger partial charge in [-0.1, -0.05) is 12.1 Å². The van der Waals surface area contributed by atoms with E-state index in [1.165, 1.54) is 25.0 Å². The minimum Gasteiger partial charge on any atom is -0.308 e. The summed E-state index contributed by atoms with van der Waals surface area (Å²) in [5, 5.41) is 12.4. The number of nitrogens with zero attached hydrogens (tertiary/aromatic N) is 3. The Hall–Kier alpha value is -0.550. The Balaban J connectivity index is 1.71. The average molecular weight is 240 g/mol. The summed E-state index contributed by atoms with van der Waals surface area (Å²) >= 11 is 2.10. The molecule has 1 aliphatic rings. The molecule has 0 bridgehead atoms. The smallest absolute Gasteiger partial charge is 0.0964 e. The lowest BCUT2D eigenvalue weighted by Gasteiger charge is -2.11. The molecule has 90 valence electrons. The van der Waals surface area contributed by atoms with Gasteiger partial charge in [-0.2, -0.15) is 11.8 Å². The van der Waals surface area contributed by atoms with E-state index in [9.17, 15) is 0 Å². The molecule has 2 rings (SSSR count). The number of aromatic nitrogens is 3. The molecule has 0 spiro atoms. The van der Waals surface area contributed by atoms with Gasteiger partial charge >= 0.3 is 0 Å². The van der Waals surface area contributed by atoms with Crippen LogP contribution in [0, 0.1) is 0 Å². The molecule has 0 saturated heterocycles. The number of hydrogen-bond acceptors (Lipinski definition) is 4. The highest BCUT2D eigenvalue weighted by Gasteiger charge is 2.23. The number of thioether (sulfide) groups is 1. The molecule has 5 heteroatoms. The van der Waals surface area contributed by atoms with Gasteiger partial charge in [0.05, 0.1) is 5.69 Å². The molecule has 1 heterocycles. The molecular formula is C11H20N4S. The maximum atomic E-state index is 4.08. The highest BCUT2D eigenvalue weighted by Crippen LogP contribution is 2.29. The van der Waals surface area contributed by atoms with Crippen molar-refractivity contribution >= 4 is 11.8 Å². The minimum absolute atomic E-state index is 0.672. The molecule has 2 atom stereocenters. The summed E-state index contributed by atoms with van der Waals surface area (Å²) in [5.74, 6) is 1.24. The first kappa shape index (κ1) is 11.9. The first-order valence-electron chi connectivity index (χ1n) is 5.98. The van der Waals surface area contributed by atoms with Crippen LogP contribution in [0.15, 0.2) is 6.20 Å². The van der Waals surface area contributed by atoms with E-state index in [0.717, 1.165) is 17.5 Å². The van der Waals surface area contributed by atoms with Gasteiger partial charge in [0.1, 0.15) is 0 Å². The second-order valence-electron chi connectivity index (χ2n) is 4.35. The Morgan fingerprint density at radius 1 is 1.56 bits per heavy atom. The van der Waals surface area contributed by atoms with Crippen LogP contribution in [0.1, 0.15) is 31.9 Å². The van der Waals surface area contributed by atoms with Crippen molar-refractivity contribution < 1.29 is 0 Å². The fraction of sp³-hybridized carbons (Fsp3) is 0.818. The molecule has 0 aliphatic heterocycles. The normalized spacial score (nSPS) is 25.1. The van der Waals surface area contributed by atoms with E-state index in [4.69, 9.17) is 0 Å². The number of nitrogens with one attached hydrogen (secondary N) is 1. The number of rotatable bonds is 5. The van der Waals surface area contributed by atoms with E-state index in [1.54, 1.807) is 4.68 Å². The maximum Gasteiger partial charge on any atom is 0.0964 e. The zero-order valence-electron chi connectivity index (χ0n) is 10.0. The lowest BCUT2D eigenvalue weighted by Crippen LogP contribution is -2.26. The molecule has 1 aromatic heterocycles. The van der Waals surface area contributed by atoms with Crippen molar-refractivity contribution in [3.63, 3.8) is 0 Å². The third kappa shape index (κ3) is 3.22. The minimum atomic E-state index is 0.672. The van der Waals surface area contributed by atoms with Crippen LogP contribution in [0.25, 0.3) is 0 Å². The third-order valence-electron chi connectivity index (χ3n) is 3.01. The molecule has 0 radical (unpaired) electrons. The van der Waals surface area contributed by atoms with E-state index < -0.39 is 0 Å². The van der Waals surface area contributed by atoms with Gasteiger partial charge in [0.15, 0.2) is 0 Å². The van der Waals surface area contributed by atoms with Crippen LogP contribution in [0.3, 0.4) is 0 Å².